The number of fused-ring (bicyclic) bond motifs is 1. The van der Waals surface area contributed by atoms with E-state index >= 15 is 0 Å². The van der Waals surface area contributed by atoms with Crippen LogP contribution in [0.25, 0.3) is 0 Å². The standard InChI is InChI=1S/C37H56O8/c1-6-15-34(38)32(36(39)42-7-2)16-13-11-9-8-10-12-14-17-33-31-23-22-30(45-27-41-5)24-35(31)43-25-37(33,3)28-18-20-29(21-19-28)44-26-40-4/h18-24,32-34,38H,6-17,25-27H2,1-5H3/t32?,33-,34?,37-/m1/s1. The lowest BCUT2D eigenvalue weighted by Crippen LogP contribution is -2.40. The average molecular weight is 629 g/mol. The normalized spacial score (nSPS) is 18.8. The quantitative estimate of drug-likeness (QED) is 0.0798. The first-order valence-corrected chi connectivity index (χ1v) is 16.8. The largest absolute Gasteiger partial charge is 0.492 e. The Morgan fingerprint density at radius 1 is 0.889 bits per heavy atom. The van der Waals surface area contributed by atoms with Gasteiger partial charge in [0.2, 0.25) is 0 Å². The number of hydrogen-bond acceptors (Lipinski definition) is 8. The number of ether oxygens (including phenoxy) is 6. The van der Waals surface area contributed by atoms with E-state index in [0.29, 0.717) is 26.1 Å². The molecular weight excluding hydrogens is 572 g/mol. The molecule has 0 fully saturated rings. The first kappa shape index (κ1) is 36.7. The zero-order chi connectivity index (χ0) is 32.5. The van der Waals surface area contributed by atoms with Crippen LogP contribution in [0.2, 0.25) is 0 Å². The molecule has 1 N–H and O–H groups in total. The monoisotopic (exact) mass is 628 g/mol. The molecule has 45 heavy (non-hydrogen) atoms. The molecule has 2 unspecified atom stereocenters. The van der Waals surface area contributed by atoms with Crippen LogP contribution in [0.4, 0.5) is 0 Å². The molecule has 2 aromatic rings. The summed E-state index contributed by atoms with van der Waals surface area (Å²) in [6.07, 6.45) is 10.4. The summed E-state index contributed by atoms with van der Waals surface area (Å²) in [4.78, 5) is 12.3. The van der Waals surface area contributed by atoms with Gasteiger partial charge in [0.25, 0.3) is 0 Å². The second-order valence-corrected chi connectivity index (χ2v) is 12.4. The average Bonchev–Trinajstić information content (AvgIpc) is 3.04. The number of aliphatic hydroxyl groups is 1. The van der Waals surface area contributed by atoms with Crippen molar-refractivity contribution in [2.24, 2.45) is 5.92 Å². The van der Waals surface area contributed by atoms with Gasteiger partial charge in [-0.15, -0.1) is 0 Å². The highest BCUT2D eigenvalue weighted by Gasteiger charge is 2.42. The Labute approximate surface area is 270 Å². The van der Waals surface area contributed by atoms with Gasteiger partial charge in [0.1, 0.15) is 17.2 Å². The summed E-state index contributed by atoms with van der Waals surface area (Å²) < 4.78 is 33.0. The van der Waals surface area contributed by atoms with Gasteiger partial charge in [0, 0.05) is 31.6 Å². The van der Waals surface area contributed by atoms with Crippen molar-refractivity contribution >= 4 is 5.97 Å². The predicted octanol–water partition coefficient (Wildman–Crippen LogP) is 7.94. The van der Waals surface area contributed by atoms with E-state index in [4.69, 9.17) is 28.4 Å². The maximum Gasteiger partial charge on any atom is 0.311 e. The van der Waals surface area contributed by atoms with E-state index < -0.39 is 12.0 Å². The van der Waals surface area contributed by atoms with Crippen molar-refractivity contribution in [1.82, 2.24) is 0 Å². The van der Waals surface area contributed by atoms with Crippen LogP contribution in [0.15, 0.2) is 42.5 Å². The van der Waals surface area contributed by atoms with Gasteiger partial charge < -0.3 is 33.5 Å². The third kappa shape index (κ3) is 10.9. The maximum absolute atomic E-state index is 12.3. The van der Waals surface area contributed by atoms with E-state index in [1.54, 1.807) is 14.2 Å². The van der Waals surface area contributed by atoms with E-state index in [1.807, 2.05) is 38.1 Å². The van der Waals surface area contributed by atoms with E-state index in [1.165, 1.54) is 30.4 Å². The minimum Gasteiger partial charge on any atom is -0.492 e. The Bertz CT molecular complexity index is 1120. The molecule has 252 valence electrons. The molecule has 1 aliphatic heterocycles. The number of carbonyl (C=O) groups is 1. The summed E-state index contributed by atoms with van der Waals surface area (Å²) in [5, 5.41) is 10.4. The Kier molecular flexibility index (Phi) is 16.0. The number of aliphatic hydroxyl groups excluding tert-OH is 1. The number of hydrogen-bond donors (Lipinski definition) is 1. The lowest BCUT2D eigenvalue weighted by molar-refractivity contribution is -0.152. The van der Waals surface area contributed by atoms with Gasteiger partial charge in [-0.2, -0.15) is 0 Å². The van der Waals surface area contributed by atoms with Gasteiger partial charge in [-0.1, -0.05) is 83.4 Å². The first-order chi connectivity index (χ1) is 21.9. The summed E-state index contributed by atoms with van der Waals surface area (Å²) in [7, 11) is 3.23. The topological polar surface area (TPSA) is 92.7 Å². The molecule has 0 aromatic heterocycles. The smallest absolute Gasteiger partial charge is 0.311 e. The molecule has 3 rings (SSSR count). The highest BCUT2D eigenvalue weighted by Crippen LogP contribution is 2.50. The third-order valence-electron chi connectivity index (χ3n) is 9.00. The van der Waals surface area contributed by atoms with Crippen molar-refractivity contribution in [2.45, 2.75) is 109 Å². The van der Waals surface area contributed by atoms with E-state index in [2.05, 4.69) is 25.1 Å². The lowest BCUT2D eigenvalue weighted by Gasteiger charge is -2.43. The van der Waals surface area contributed by atoms with Crippen LogP contribution in [0.1, 0.15) is 108 Å². The fourth-order valence-electron chi connectivity index (χ4n) is 6.44. The second-order valence-electron chi connectivity index (χ2n) is 12.4. The molecular formula is C37H56O8. The SMILES string of the molecule is CCCC(O)C(CCCCCCCCC[C@@H]1c2ccc(OCOC)cc2OC[C@]1(C)c1ccc(OCOC)cc1)C(=O)OCC. The summed E-state index contributed by atoms with van der Waals surface area (Å²) in [5.41, 5.74) is 2.25. The molecule has 0 aliphatic carbocycles. The summed E-state index contributed by atoms with van der Waals surface area (Å²) >= 11 is 0. The van der Waals surface area contributed by atoms with Crippen molar-refractivity contribution in [3.8, 4) is 17.2 Å². The minimum atomic E-state index is -0.610. The van der Waals surface area contributed by atoms with Gasteiger partial charge in [-0.05, 0) is 55.5 Å². The zero-order valence-electron chi connectivity index (χ0n) is 28.2. The molecule has 0 saturated carbocycles. The molecule has 0 amide bonds. The molecule has 8 nitrogen and oxygen atoms in total. The van der Waals surface area contributed by atoms with Crippen molar-refractivity contribution < 1.29 is 38.3 Å². The number of benzene rings is 2. The zero-order valence-corrected chi connectivity index (χ0v) is 28.2. The molecule has 0 radical (unpaired) electrons. The molecule has 0 saturated heterocycles. The highest BCUT2D eigenvalue weighted by atomic mass is 16.7. The number of rotatable bonds is 22. The van der Waals surface area contributed by atoms with Crippen LogP contribution in [0, 0.1) is 5.92 Å². The van der Waals surface area contributed by atoms with E-state index in [-0.39, 0.29) is 30.9 Å². The maximum atomic E-state index is 12.3. The molecule has 0 bridgehead atoms. The van der Waals surface area contributed by atoms with Crippen LogP contribution in [-0.4, -0.2) is 58.2 Å². The molecule has 2 aromatic carbocycles. The number of methoxy groups -OCH3 is 2. The summed E-state index contributed by atoms with van der Waals surface area (Å²) in [6, 6.07) is 14.5. The Balaban J connectivity index is 1.56. The van der Waals surface area contributed by atoms with Crippen molar-refractivity contribution in [1.29, 1.82) is 0 Å². The van der Waals surface area contributed by atoms with Crippen molar-refractivity contribution in [3.63, 3.8) is 0 Å². The van der Waals surface area contributed by atoms with E-state index in [9.17, 15) is 9.90 Å². The Morgan fingerprint density at radius 2 is 1.51 bits per heavy atom. The van der Waals surface area contributed by atoms with Crippen LogP contribution in [0.3, 0.4) is 0 Å². The van der Waals surface area contributed by atoms with Crippen molar-refractivity contribution in [2.75, 3.05) is 41.0 Å². The minimum absolute atomic E-state index is 0.195. The van der Waals surface area contributed by atoms with Crippen LogP contribution >= 0.6 is 0 Å². The van der Waals surface area contributed by atoms with Gasteiger partial charge in [0.05, 0.1) is 25.2 Å². The third-order valence-corrected chi connectivity index (χ3v) is 9.00. The fraction of sp³-hybridized carbons (Fsp3) is 0.649. The second kappa shape index (κ2) is 19.6. The lowest BCUT2D eigenvalue weighted by atomic mass is 9.66. The van der Waals surface area contributed by atoms with Gasteiger partial charge in [-0.3, -0.25) is 4.79 Å². The number of carbonyl (C=O) groups excluding carboxylic acids is 1. The summed E-state index contributed by atoms with van der Waals surface area (Å²) in [6.45, 7) is 7.50. The predicted molar refractivity (Wildman–Crippen MR) is 176 cm³/mol. The van der Waals surface area contributed by atoms with Crippen LogP contribution in [-0.2, 0) is 24.4 Å². The van der Waals surface area contributed by atoms with Crippen molar-refractivity contribution in [3.05, 3.63) is 53.6 Å². The Morgan fingerprint density at radius 3 is 2.16 bits per heavy atom. The molecule has 8 heteroatoms. The number of esters is 1. The molecule has 1 aliphatic rings. The Hall–Kier alpha value is -2.81. The molecule has 0 spiro atoms. The van der Waals surface area contributed by atoms with Crippen LogP contribution < -0.4 is 14.2 Å². The van der Waals surface area contributed by atoms with Crippen LogP contribution in [0.5, 0.6) is 17.2 Å². The fourth-order valence-corrected chi connectivity index (χ4v) is 6.44. The first-order valence-electron chi connectivity index (χ1n) is 16.8. The van der Waals surface area contributed by atoms with Gasteiger partial charge >= 0.3 is 5.97 Å². The summed E-state index contributed by atoms with van der Waals surface area (Å²) in [5.74, 6) is 2.04. The number of unbranched alkanes of at least 4 members (excludes halogenated alkanes) is 6. The van der Waals surface area contributed by atoms with Gasteiger partial charge in [0.15, 0.2) is 13.6 Å². The highest BCUT2D eigenvalue weighted by molar-refractivity contribution is 5.73. The molecule has 1 heterocycles. The van der Waals surface area contributed by atoms with Gasteiger partial charge in [-0.25, -0.2) is 0 Å². The van der Waals surface area contributed by atoms with E-state index in [0.717, 1.165) is 55.8 Å². The molecule has 4 atom stereocenters.